The van der Waals surface area contributed by atoms with Gasteiger partial charge in [0, 0.05) is 20.1 Å². The minimum Gasteiger partial charge on any atom is -0.454 e. The normalized spacial score (nSPS) is 16.8. The Bertz CT molecular complexity index is 547. The number of hydrogen-bond acceptors (Lipinski definition) is 4. The van der Waals surface area contributed by atoms with Gasteiger partial charge >= 0.3 is 0 Å². The van der Waals surface area contributed by atoms with Crippen LogP contribution in [0.5, 0.6) is 11.5 Å². The molecule has 7 heteroatoms. The monoisotopic (exact) mass is 446 g/mol. The summed E-state index contributed by atoms with van der Waals surface area (Å²) in [7, 11) is 1.80. The summed E-state index contributed by atoms with van der Waals surface area (Å²) in [5.41, 5.74) is 1.15. The van der Waals surface area contributed by atoms with E-state index in [0.29, 0.717) is 13.3 Å². The Kier molecular flexibility index (Phi) is 7.90. The van der Waals surface area contributed by atoms with Gasteiger partial charge in [-0.2, -0.15) is 0 Å². The number of nitrogens with one attached hydrogen (secondary N) is 2. The first-order valence-corrected chi connectivity index (χ1v) is 8.40. The van der Waals surface area contributed by atoms with Crippen molar-refractivity contribution in [2.45, 2.75) is 25.8 Å². The van der Waals surface area contributed by atoms with Gasteiger partial charge in [-0.3, -0.25) is 4.99 Å². The molecule has 2 aliphatic heterocycles. The van der Waals surface area contributed by atoms with Crippen LogP contribution in [0.2, 0.25) is 0 Å². The van der Waals surface area contributed by atoms with Crippen LogP contribution in [0.3, 0.4) is 0 Å². The number of halogens is 1. The van der Waals surface area contributed by atoms with Gasteiger partial charge in [0.25, 0.3) is 0 Å². The molecular weight excluding hydrogens is 419 g/mol. The van der Waals surface area contributed by atoms with Crippen LogP contribution in [0.15, 0.2) is 23.2 Å². The zero-order chi connectivity index (χ0) is 15.9. The molecule has 3 rings (SSSR count). The Morgan fingerprint density at radius 2 is 1.96 bits per heavy atom. The summed E-state index contributed by atoms with van der Waals surface area (Å²) in [5.74, 6) is 2.47. The molecule has 0 bridgehead atoms. The fourth-order valence-corrected chi connectivity index (χ4v) is 2.97. The van der Waals surface area contributed by atoms with Crippen LogP contribution in [0.4, 0.5) is 0 Å². The predicted molar refractivity (Wildman–Crippen MR) is 106 cm³/mol. The third kappa shape index (κ3) is 5.41. The molecule has 1 aromatic carbocycles. The lowest BCUT2D eigenvalue weighted by molar-refractivity contribution is 0.174. The van der Waals surface area contributed by atoms with E-state index in [1.165, 1.54) is 32.5 Å². The molecule has 2 N–H and O–H groups in total. The summed E-state index contributed by atoms with van der Waals surface area (Å²) >= 11 is 0. The van der Waals surface area contributed by atoms with Gasteiger partial charge in [0.1, 0.15) is 0 Å². The number of benzene rings is 1. The Morgan fingerprint density at radius 3 is 2.75 bits per heavy atom. The summed E-state index contributed by atoms with van der Waals surface area (Å²) in [5, 5.41) is 6.71. The Balaban J connectivity index is 0.00000208. The van der Waals surface area contributed by atoms with Crippen molar-refractivity contribution in [1.82, 2.24) is 15.5 Å². The molecule has 1 fully saturated rings. The van der Waals surface area contributed by atoms with E-state index >= 15 is 0 Å². The number of hydrogen-bond donors (Lipinski definition) is 2. The first kappa shape index (κ1) is 19.1. The molecule has 0 aliphatic carbocycles. The smallest absolute Gasteiger partial charge is 0.231 e. The third-order valence-corrected chi connectivity index (χ3v) is 4.26. The topological polar surface area (TPSA) is 58.1 Å². The average molecular weight is 446 g/mol. The van der Waals surface area contributed by atoms with Gasteiger partial charge in [0.05, 0.1) is 0 Å². The first-order chi connectivity index (χ1) is 11.3. The predicted octanol–water partition coefficient (Wildman–Crippen LogP) is 2.18. The second-order valence-electron chi connectivity index (χ2n) is 5.94. The molecule has 1 aromatic rings. The van der Waals surface area contributed by atoms with Crippen LogP contribution < -0.4 is 20.1 Å². The summed E-state index contributed by atoms with van der Waals surface area (Å²) < 4.78 is 10.7. The first-order valence-electron chi connectivity index (χ1n) is 8.40. The number of ether oxygens (including phenoxy) is 2. The highest BCUT2D eigenvalue weighted by Crippen LogP contribution is 2.32. The van der Waals surface area contributed by atoms with E-state index in [2.05, 4.69) is 20.5 Å². The van der Waals surface area contributed by atoms with E-state index in [9.17, 15) is 0 Å². The van der Waals surface area contributed by atoms with Gasteiger partial charge in [0.15, 0.2) is 17.5 Å². The fraction of sp³-hybridized carbons (Fsp3) is 0.588. The molecular formula is C17H27IN4O2. The molecule has 134 valence electrons. The SMILES string of the molecule is CN=C(NCCCN1CCCC1)NCc1ccc2c(c1)OCO2.I. The van der Waals surface area contributed by atoms with Crippen LogP contribution in [0.25, 0.3) is 0 Å². The number of likely N-dealkylation sites (tertiary alicyclic amines) is 1. The van der Waals surface area contributed by atoms with Crippen LogP contribution in [0.1, 0.15) is 24.8 Å². The van der Waals surface area contributed by atoms with Crippen molar-refractivity contribution in [3.05, 3.63) is 23.8 Å². The van der Waals surface area contributed by atoms with Crippen molar-refractivity contribution in [2.24, 2.45) is 4.99 Å². The lowest BCUT2D eigenvalue weighted by atomic mass is 10.2. The van der Waals surface area contributed by atoms with E-state index in [1.54, 1.807) is 7.05 Å². The number of rotatable bonds is 6. The van der Waals surface area contributed by atoms with E-state index in [1.807, 2.05) is 18.2 Å². The molecule has 0 saturated carbocycles. The molecule has 2 heterocycles. The van der Waals surface area contributed by atoms with Gasteiger partial charge in [-0.25, -0.2) is 0 Å². The van der Waals surface area contributed by atoms with Crippen LogP contribution in [-0.2, 0) is 6.54 Å². The molecule has 0 radical (unpaired) electrons. The second-order valence-corrected chi connectivity index (χ2v) is 5.94. The molecule has 0 spiro atoms. The second kappa shape index (κ2) is 9.93. The van der Waals surface area contributed by atoms with Gasteiger partial charge in [-0.05, 0) is 56.6 Å². The fourth-order valence-electron chi connectivity index (χ4n) is 2.97. The largest absolute Gasteiger partial charge is 0.454 e. The van der Waals surface area contributed by atoms with E-state index in [-0.39, 0.29) is 24.0 Å². The number of fused-ring (bicyclic) bond motifs is 1. The Hall–Kier alpha value is -1.22. The summed E-state index contributed by atoms with van der Waals surface area (Å²) in [6.07, 6.45) is 3.85. The van der Waals surface area contributed by atoms with Crippen LogP contribution in [-0.4, -0.2) is 50.9 Å². The maximum atomic E-state index is 5.40. The zero-order valence-corrected chi connectivity index (χ0v) is 16.5. The number of nitrogens with zero attached hydrogens (tertiary/aromatic N) is 2. The van der Waals surface area contributed by atoms with Crippen molar-refractivity contribution in [2.75, 3.05) is 40.0 Å². The van der Waals surface area contributed by atoms with Crippen molar-refractivity contribution < 1.29 is 9.47 Å². The van der Waals surface area contributed by atoms with E-state index in [4.69, 9.17) is 9.47 Å². The number of guanidine groups is 1. The highest BCUT2D eigenvalue weighted by molar-refractivity contribution is 14.0. The Labute approximate surface area is 161 Å². The molecule has 1 saturated heterocycles. The number of aliphatic imine (C=N–C) groups is 1. The van der Waals surface area contributed by atoms with E-state index in [0.717, 1.165) is 36.0 Å². The van der Waals surface area contributed by atoms with Gasteiger partial charge in [-0.15, -0.1) is 24.0 Å². The van der Waals surface area contributed by atoms with Crippen molar-refractivity contribution in [1.29, 1.82) is 0 Å². The molecule has 24 heavy (non-hydrogen) atoms. The van der Waals surface area contributed by atoms with Crippen LogP contribution >= 0.6 is 24.0 Å². The van der Waals surface area contributed by atoms with Gasteiger partial charge in [0.2, 0.25) is 6.79 Å². The zero-order valence-electron chi connectivity index (χ0n) is 14.2. The molecule has 0 unspecified atom stereocenters. The highest BCUT2D eigenvalue weighted by Gasteiger charge is 2.13. The maximum absolute atomic E-state index is 5.40. The quantitative estimate of drug-likeness (QED) is 0.304. The summed E-state index contributed by atoms with van der Waals surface area (Å²) in [6, 6.07) is 6.00. The van der Waals surface area contributed by atoms with Crippen LogP contribution in [0, 0.1) is 0 Å². The minimum absolute atomic E-state index is 0. The molecule has 2 aliphatic rings. The van der Waals surface area contributed by atoms with Crippen molar-refractivity contribution >= 4 is 29.9 Å². The third-order valence-electron chi connectivity index (χ3n) is 4.26. The average Bonchev–Trinajstić information content (AvgIpc) is 3.25. The van der Waals surface area contributed by atoms with Gasteiger partial charge in [-0.1, -0.05) is 6.07 Å². The molecule has 0 aromatic heterocycles. The van der Waals surface area contributed by atoms with Gasteiger partial charge < -0.3 is 25.0 Å². The van der Waals surface area contributed by atoms with E-state index < -0.39 is 0 Å². The Morgan fingerprint density at radius 1 is 1.17 bits per heavy atom. The summed E-state index contributed by atoms with van der Waals surface area (Å²) in [6.45, 7) is 5.66. The maximum Gasteiger partial charge on any atom is 0.231 e. The molecule has 0 amide bonds. The van der Waals surface area contributed by atoms with Crippen molar-refractivity contribution in [3.63, 3.8) is 0 Å². The van der Waals surface area contributed by atoms with Crippen molar-refractivity contribution in [3.8, 4) is 11.5 Å². The molecule has 6 nitrogen and oxygen atoms in total. The lowest BCUT2D eigenvalue weighted by Crippen LogP contribution is -2.38. The highest BCUT2D eigenvalue weighted by atomic mass is 127. The molecule has 0 atom stereocenters. The minimum atomic E-state index is 0. The standard InChI is InChI=1S/C17H26N4O2.HI/c1-18-17(19-7-4-10-21-8-2-3-9-21)20-12-14-5-6-15-16(11-14)23-13-22-15;/h5-6,11H,2-4,7-10,12-13H2,1H3,(H2,18,19,20);1H. The summed E-state index contributed by atoms with van der Waals surface area (Å²) in [4.78, 5) is 6.80. The lowest BCUT2D eigenvalue weighted by Gasteiger charge is -2.16.